The first kappa shape index (κ1) is 21.5. The number of aliphatic carboxylic acids is 1. The summed E-state index contributed by atoms with van der Waals surface area (Å²) in [6.45, 7) is 4.63. The monoisotopic (exact) mass is 399 g/mol. The van der Waals surface area contributed by atoms with Gasteiger partial charge in [0.25, 0.3) is 11.6 Å². The normalized spacial score (nSPS) is 12.0. The van der Waals surface area contributed by atoms with E-state index in [2.05, 4.69) is 10.6 Å². The minimum absolute atomic E-state index is 0.0686. The number of carboxylic acid groups (broad SMARTS) is 1. The second kappa shape index (κ2) is 8.51. The summed E-state index contributed by atoms with van der Waals surface area (Å²) in [6, 6.07) is 10.7. The Morgan fingerprint density at radius 2 is 1.72 bits per heavy atom. The Morgan fingerprint density at radius 1 is 1.10 bits per heavy atom. The Hall–Kier alpha value is -3.75. The molecule has 0 radical (unpaired) electrons. The number of rotatable bonds is 7. The van der Waals surface area contributed by atoms with Crippen molar-refractivity contribution >= 4 is 29.2 Å². The number of hydrogen-bond donors (Lipinski definition) is 3. The van der Waals surface area contributed by atoms with Crippen molar-refractivity contribution in [3.63, 3.8) is 0 Å². The SMILES string of the molecule is CC(NC(=O)c1cccc([N+](=O)[O-])c1)C(=O)Nc1ccc(C(C)(C)C(=O)O)cc1. The van der Waals surface area contributed by atoms with E-state index in [-0.39, 0.29) is 11.3 Å². The van der Waals surface area contributed by atoms with Gasteiger partial charge in [0.1, 0.15) is 6.04 Å². The average Bonchev–Trinajstić information content (AvgIpc) is 2.68. The zero-order valence-electron chi connectivity index (χ0n) is 16.1. The molecule has 0 saturated carbocycles. The number of carbonyl (C=O) groups is 3. The molecule has 9 heteroatoms. The molecule has 0 aliphatic carbocycles. The molecule has 0 spiro atoms. The van der Waals surface area contributed by atoms with Gasteiger partial charge in [0.15, 0.2) is 0 Å². The summed E-state index contributed by atoms with van der Waals surface area (Å²) in [5.41, 5.74) is -0.202. The number of benzene rings is 2. The standard InChI is InChI=1S/C20H21N3O6/c1-12(21-18(25)13-5-4-6-16(11-13)23(28)29)17(24)22-15-9-7-14(8-10-15)20(2,3)19(26)27/h4-12H,1-3H3,(H,21,25)(H,22,24)(H,26,27). The summed E-state index contributed by atoms with van der Waals surface area (Å²) < 4.78 is 0. The fourth-order valence-electron chi connectivity index (χ4n) is 2.45. The molecule has 9 nitrogen and oxygen atoms in total. The van der Waals surface area contributed by atoms with E-state index in [1.165, 1.54) is 25.1 Å². The number of amides is 2. The molecule has 3 N–H and O–H groups in total. The first-order valence-corrected chi connectivity index (χ1v) is 8.72. The van der Waals surface area contributed by atoms with Gasteiger partial charge in [-0.1, -0.05) is 18.2 Å². The maximum Gasteiger partial charge on any atom is 0.313 e. The van der Waals surface area contributed by atoms with E-state index in [1.807, 2.05) is 0 Å². The molecule has 0 aromatic heterocycles. The summed E-state index contributed by atoms with van der Waals surface area (Å²) in [6.07, 6.45) is 0. The largest absolute Gasteiger partial charge is 0.481 e. The number of anilines is 1. The fraction of sp³-hybridized carbons (Fsp3) is 0.250. The summed E-state index contributed by atoms with van der Waals surface area (Å²) in [5, 5.41) is 25.2. The maximum atomic E-state index is 12.3. The predicted octanol–water partition coefficient (Wildman–Crippen LogP) is 2.71. The van der Waals surface area contributed by atoms with Crippen molar-refractivity contribution in [2.75, 3.05) is 5.32 Å². The zero-order chi connectivity index (χ0) is 21.8. The summed E-state index contributed by atoms with van der Waals surface area (Å²) in [4.78, 5) is 46.1. The molecule has 0 aliphatic rings. The van der Waals surface area contributed by atoms with E-state index < -0.39 is 34.2 Å². The number of nitrogens with one attached hydrogen (secondary N) is 2. The Balaban J connectivity index is 2.02. The minimum Gasteiger partial charge on any atom is -0.481 e. The molecule has 0 bridgehead atoms. The number of nitro groups is 1. The Kier molecular flexibility index (Phi) is 6.32. The maximum absolute atomic E-state index is 12.3. The van der Waals surface area contributed by atoms with Crippen molar-refractivity contribution in [3.05, 3.63) is 69.8 Å². The van der Waals surface area contributed by atoms with Crippen molar-refractivity contribution in [2.24, 2.45) is 0 Å². The van der Waals surface area contributed by atoms with Crippen LogP contribution >= 0.6 is 0 Å². The van der Waals surface area contributed by atoms with Crippen LogP contribution in [0.1, 0.15) is 36.7 Å². The molecule has 0 fully saturated rings. The van der Waals surface area contributed by atoms with E-state index in [4.69, 9.17) is 0 Å². The van der Waals surface area contributed by atoms with Gasteiger partial charge in [-0.2, -0.15) is 0 Å². The zero-order valence-corrected chi connectivity index (χ0v) is 16.1. The smallest absolute Gasteiger partial charge is 0.313 e. The first-order valence-electron chi connectivity index (χ1n) is 8.72. The molecule has 0 aliphatic heterocycles. The number of non-ortho nitro benzene ring substituents is 1. The van der Waals surface area contributed by atoms with E-state index in [9.17, 15) is 29.6 Å². The molecule has 2 aromatic rings. The lowest BCUT2D eigenvalue weighted by molar-refractivity contribution is -0.384. The molecular weight excluding hydrogens is 378 g/mol. The third kappa shape index (κ3) is 5.16. The highest BCUT2D eigenvalue weighted by Crippen LogP contribution is 2.24. The number of nitrogens with zero attached hydrogens (tertiary/aromatic N) is 1. The van der Waals surface area contributed by atoms with Crippen LogP contribution in [0.25, 0.3) is 0 Å². The lowest BCUT2D eigenvalue weighted by Crippen LogP contribution is -2.41. The number of hydrogen-bond acceptors (Lipinski definition) is 5. The second-order valence-electron chi connectivity index (χ2n) is 7.00. The van der Waals surface area contributed by atoms with Gasteiger partial charge < -0.3 is 15.7 Å². The summed E-state index contributed by atoms with van der Waals surface area (Å²) in [7, 11) is 0. The summed E-state index contributed by atoms with van der Waals surface area (Å²) >= 11 is 0. The number of carbonyl (C=O) groups excluding carboxylic acids is 2. The molecule has 152 valence electrons. The molecule has 2 aromatic carbocycles. The van der Waals surface area contributed by atoms with Crippen molar-refractivity contribution in [3.8, 4) is 0 Å². The van der Waals surface area contributed by atoms with Crippen molar-refractivity contribution in [2.45, 2.75) is 32.2 Å². The third-order valence-electron chi connectivity index (χ3n) is 4.47. The van der Waals surface area contributed by atoms with Crippen LogP contribution in [-0.2, 0) is 15.0 Å². The van der Waals surface area contributed by atoms with Crippen LogP contribution in [0.2, 0.25) is 0 Å². The Labute approximate surface area is 166 Å². The molecular formula is C20H21N3O6. The lowest BCUT2D eigenvalue weighted by atomic mass is 9.85. The lowest BCUT2D eigenvalue weighted by Gasteiger charge is -2.20. The number of carboxylic acids is 1. The van der Waals surface area contributed by atoms with Crippen LogP contribution in [0.15, 0.2) is 48.5 Å². The molecule has 0 saturated heterocycles. The van der Waals surface area contributed by atoms with Gasteiger partial charge in [-0.15, -0.1) is 0 Å². The van der Waals surface area contributed by atoms with Crippen LogP contribution in [0, 0.1) is 10.1 Å². The van der Waals surface area contributed by atoms with Crippen molar-refractivity contribution in [1.82, 2.24) is 5.32 Å². The molecule has 1 atom stereocenters. The number of nitro benzene ring substituents is 1. The molecule has 29 heavy (non-hydrogen) atoms. The summed E-state index contributed by atoms with van der Waals surface area (Å²) in [5.74, 6) is -2.07. The Morgan fingerprint density at radius 3 is 2.28 bits per heavy atom. The van der Waals surface area contributed by atoms with Gasteiger partial charge in [0.2, 0.25) is 5.91 Å². The molecule has 2 amide bonds. The van der Waals surface area contributed by atoms with Gasteiger partial charge in [0, 0.05) is 23.4 Å². The van der Waals surface area contributed by atoms with E-state index in [1.54, 1.807) is 38.1 Å². The van der Waals surface area contributed by atoms with Crippen molar-refractivity contribution < 1.29 is 24.4 Å². The molecule has 0 heterocycles. The fourth-order valence-corrected chi connectivity index (χ4v) is 2.45. The van der Waals surface area contributed by atoms with Gasteiger partial charge in [-0.05, 0) is 44.5 Å². The first-order chi connectivity index (χ1) is 13.5. The minimum atomic E-state index is -1.07. The van der Waals surface area contributed by atoms with E-state index in [0.717, 1.165) is 6.07 Å². The van der Waals surface area contributed by atoms with Gasteiger partial charge in [0.05, 0.1) is 10.3 Å². The van der Waals surface area contributed by atoms with E-state index >= 15 is 0 Å². The van der Waals surface area contributed by atoms with E-state index in [0.29, 0.717) is 11.3 Å². The highest BCUT2D eigenvalue weighted by Gasteiger charge is 2.29. The molecule has 1 unspecified atom stereocenters. The van der Waals surface area contributed by atoms with Gasteiger partial charge >= 0.3 is 5.97 Å². The molecule has 2 rings (SSSR count). The quantitative estimate of drug-likeness (QED) is 0.483. The van der Waals surface area contributed by atoms with Crippen LogP contribution < -0.4 is 10.6 Å². The van der Waals surface area contributed by atoms with Crippen LogP contribution in [-0.4, -0.2) is 33.9 Å². The second-order valence-corrected chi connectivity index (χ2v) is 7.00. The van der Waals surface area contributed by atoms with Crippen LogP contribution in [0.3, 0.4) is 0 Å². The highest BCUT2D eigenvalue weighted by atomic mass is 16.6. The van der Waals surface area contributed by atoms with Gasteiger partial charge in [-0.25, -0.2) is 0 Å². The highest BCUT2D eigenvalue weighted by molar-refractivity contribution is 6.01. The predicted molar refractivity (Wildman–Crippen MR) is 106 cm³/mol. The average molecular weight is 399 g/mol. The van der Waals surface area contributed by atoms with Crippen molar-refractivity contribution in [1.29, 1.82) is 0 Å². The third-order valence-corrected chi connectivity index (χ3v) is 4.47. The van der Waals surface area contributed by atoms with Crippen LogP contribution in [0.5, 0.6) is 0 Å². The Bertz CT molecular complexity index is 953. The van der Waals surface area contributed by atoms with Gasteiger partial charge in [-0.3, -0.25) is 24.5 Å². The topological polar surface area (TPSA) is 139 Å². The van der Waals surface area contributed by atoms with Crippen LogP contribution in [0.4, 0.5) is 11.4 Å².